The van der Waals surface area contributed by atoms with Crippen molar-refractivity contribution >= 4 is 34.3 Å². The highest BCUT2D eigenvalue weighted by atomic mass is 79.9. The van der Waals surface area contributed by atoms with Crippen LogP contribution in [0.5, 0.6) is 0 Å². The molecule has 1 unspecified atom stereocenters. The maximum Gasteiger partial charge on any atom is 0.325 e. The first kappa shape index (κ1) is 15.6. The molecule has 0 fully saturated rings. The minimum Gasteiger partial charge on any atom is -0.480 e. The van der Waals surface area contributed by atoms with Crippen LogP contribution in [0.25, 0.3) is 11.3 Å². The highest BCUT2D eigenvalue weighted by Gasteiger charge is 2.14. The van der Waals surface area contributed by atoms with Gasteiger partial charge in [0, 0.05) is 16.2 Å². The van der Waals surface area contributed by atoms with E-state index in [1.165, 1.54) is 6.20 Å². The van der Waals surface area contributed by atoms with Gasteiger partial charge in [0.25, 0.3) is 0 Å². The third-order valence-corrected chi connectivity index (χ3v) is 3.08. The molecule has 1 heterocycles. The average molecular weight is 344 g/mol. The number of nitrogens with zero attached hydrogens (tertiary/aromatic N) is 1. The zero-order valence-corrected chi connectivity index (χ0v) is 12.2. The Balaban J connectivity index is 0.00000180. The third-order valence-electron chi connectivity index (χ3n) is 2.55. The molecule has 0 aliphatic heterocycles. The summed E-state index contributed by atoms with van der Waals surface area (Å²) in [6.07, 6.45) is 1.50. The second kappa shape index (κ2) is 6.65. The van der Waals surface area contributed by atoms with E-state index >= 15 is 0 Å². The molecule has 100 valence electrons. The molecule has 0 radical (unpaired) electrons. The first-order chi connectivity index (χ1) is 8.58. The fraction of sp³-hybridized carbons (Fsp3) is 0.0769. The second-order valence-corrected chi connectivity index (χ2v) is 4.72. The van der Waals surface area contributed by atoms with E-state index < -0.39 is 12.0 Å². The van der Waals surface area contributed by atoms with Crippen LogP contribution in [0.15, 0.2) is 47.1 Å². The van der Waals surface area contributed by atoms with E-state index in [0.29, 0.717) is 5.56 Å². The van der Waals surface area contributed by atoms with Crippen LogP contribution in [0.2, 0.25) is 0 Å². The van der Waals surface area contributed by atoms with Gasteiger partial charge in [-0.05, 0) is 23.8 Å². The lowest BCUT2D eigenvalue weighted by molar-refractivity contribution is -0.138. The van der Waals surface area contributed by atoms with Crippen molar-refractivity contribution in [2.45, 2.75) is 6.04 Å². The standard InChI is InChI=1S/C13H11BrN2O2.ClH/c14-10-4-1-8(2-5-10)11-6-3-9(7-16-11)12(15)13(17)18;/h1-7,12H,15H2,(H,17,18);1H. The molecule has 3 N–H and O–H groups in total. The van der Waals surface area contributed by atoms with E-state index in [1.807, 2.05) is 24.3 Å². The molecule has 1 aromatic carbocycles. The normalized spacial score (nSPS) is 11.5. The van der Waals surface area contributed by atoms with E-state index in [0.717, 1.165) is 15.7 Å². The molecule has 6 heteroatoms. The van der Waals surface area contributed by atoms with Crippen molar-refractivity contribution in [1.29, 1.82) is 0 Å². The summed E-state index contributed by atoms with van der Waals surface area (Å²) in [5.74, 6) is -1.06. The van der Waals surface area contributed by atoms with Crippen LogP contribution in [-0.2, 0) is 4.79 Å². The molecule has 4 nitrogen and oxygen atoms in total. The Kier molecular flexibility index (Phi) is 5.47. The van der Waals surface area contributed by atoms with Gasteiger partial charge in [-0.15, -0.1) is 12.4 Å². The summed E-state index contributed by atoms with van der Waals surface area (Å²) in [7, 11) is 0. The smallest absolute Gasteiger partial charge is 0.325 e. The molecule has 0 amide bonds. The summed E-state index contributed by atoms with van der Waals surface area (Å²) in [6.45, 7) is 0. The van der Waals surface area contributed by atoms with Gasteiger partial charge in [0.15, 0.2) is 0 Å². The van der Waals surface area contributed by atoms with Crippen molar-refractivity contribution in [3.63, 3.8) is 0 Å². The Morgan fingerprint density at radius 2 is 1.84 bits per heavy atom. The lowest BCUT2D eigenvalue weighted by Gasteiger charge is -2.07. The molecule has 0 aliphatic carbocycles. The zero-order valence-electron chi connectivity index (χ0n) is 9.79. The van der Waals surface area contributed by atoms with Gasteiger partial charge in [-0.3, -0.25) is 9.78 Å². The van der Waals surface area contributed by atoms with Crippen molar-refractivity contribution in [3.8, 4) is 11.3 Å². The molecular weight excluding hydrogens is 332 g/mol. The maximum atomic E-state index is 10.7. The monoisotopic (exact) mass is 342 g/mol. The van der Waals surface area contributed by atoms with Gasteiger partial charge in [-0.1, -0.05) is 34.1 Å². The lowest BCUT2D eigenvalue weighted by Crippen LogP contribution is -2.20. The quantitative estimate of drug-likeness (QED) is 0.898. The number of nitrogens with two attached hydrogens (primary N) is 1. The van der Waals surface area contributed by atoms with Gasteiger partial charge in [0.05, 0.1) is 5.69 Å². The number of hydrogen-bond acceptors (Lipinski definition) is 3. The number of carboxylic acid groups (broad SMARTS) is 1. The van der Waals surface area contributed by atoms with Gasteiger partial charge in [-0.25, -0.2) is 0 Å². The van der Waals surface area contributed by atoms with E-state index in [4.69, 9.17) is 10.8 Å². The summed E-state index contributed by atoms with van der Waals surface area (Å²) < 4.78 is 0.996. The predicted octanol–water partition coefficient (Wildman–Crippen LogP) is 3.02. The number of carbonyl (C=O) groups is 1. The highest BCUT2D eigenvalue weighted by molar-refractivity contribution is 9.10. The minimum atomic E-state index is -1.06. The molecule has 19 heavy (non-hydrogen) atoms. The van der Waals surface area contributed by atoms with Crippen LogP contribution in [0.3, 0.4) is 0 Å². The van der Waals surface area contributed by atoms with Crippen LogP contribution >= 0.6 is 28.3 Å². The Morgan fingerprint density at radius 1 is 1.21 bits per heavy atom. The van der Waals surface area contributed by atoms with E-state index in [1.54, 1.807) is 12.1 Å². The summed E-state index contributed by atoms with van der Waals surface area (Å²) in [5, 5.41) is 8.79. The number of hydrogen-bond donors (Lipinski definition) is 2. The number of aliphatic carboxylic acids is 1. The van der Waals surface area contributed by atoms with Crippen molar-refractivity contribution in [2.75, 3.05) is 0 Å². The van der Waals surface area contributed by atoms with Crippen molar-refractivity contribution < 1.29 is 9.90 Å². The second-order valence-electron chi connectivity index (χ2n) is 3.80. The Bertz CT molecular complexity index is 558. The van der Waals surface area contributed by atoms with Crippen molar-refractivity contribution in [1.82, 2.24) is 4.98 Å². The zero-order chi connectivity index (χ0) is 13.1. The number of pyridine rings is 1. The van der Waals surface area contributed by atoms with Crippen LogP contribution in [0.1, 0.15) is 11.6 Å². The fourth-order valence-electron chi connectivity index (χ4n) is 1.52. The molecule has 1 atom stereocenters. The van der Waals surface area contributed by atoms with E-state index in [9.17, 15) is 4.79 Å². The molecule has 0 bridgehead atoms. The van der Waals surface area contributed by atoms with Gasteiger partial charge in [0.1, 0.15) is 6.04 Å². The molecule has 0 saturated carbocycles. The number of carboxylic acids is 1. The van der Waals surface area contributed by atoms with Gasteiger partial charge >= 0.3 is 5.97 Å². The topological polar surface area (TPSA) is 76.2 Å². The first-order valence-corrected chi connectivity index (χ1v) is 6.07. The van der Waals surface area contributed by atoms with Gasteiger partial charge < -0.3 is 10.8 Å². The number of benzene rings is 1. The molecule has 1 aromatic heterocycles. The Labute approximate surface area is 125 Å². The molecule has 0 spiro atoms. The highest BCUT2D eigenvalue weighted by Crippen LogP contribution is 2.21. The molecule has 0 saturated heterocycles. The van der Waals surface area contributed by atoms with Crippen LogP contribution in [-0.4, -0.2) is 16.1 Å². The average Bonchev–Trinajstić information content (AvgIpc) is 2.39. The van der Waals surface area contributed by atoms with Crippen LogP contribution < -0.4 is 5.73 Å². The van der Waals surface area contributed by atoms with E-state index in [-0.39, 0.29) is 12.4 Å². The first-order valence-electron chi connectivity index (χ1n) is 5.28. The summed E-state index contributed by atoms with van der Waals surface area (Å²) in [6, 6.07) is 10.1. The van der Waals surface area contributed by atoms with Gasteiger partial charge in [-0.2, -0.15) is 0 Å². The fourth-order valence-corrected chi connectivity index (χ4v) is 1.79. The van der Waals surface area contributed by atoms with E-state index in [2.05, 4.69) is 20.9 Å². The summed E-state index contributed by atoms with van der Waals surface area (Å²) in [5.41, 5.74) is 7.74. The summed E-state index contributed by atoms with van der Waals surface area (Å²) in [4.78, 5) is 15.0. The minimum absolute atomic E-state index is 0. The maximum absolute atomic E-state index is 10.7. The van der Waals surface area contributed by atoms with Crippen LogP contribution in [0.4, 0.5) is 0 Å². The molecular formula is C13H12BrClN2O2. The SMILES string of the molecule is Cl.NC(C(=O)O)c1ccc(-c2ccc(Br)cc2)nc1. The third kappa shape index (κ3) is 3.76. The Hall–Kier alpha value is -1.43. The summed E-state index contributed by atoms with van der Waals surface area (Å²) >= 11 is 3.36. The molecule has 2 rings (SSSR count). The lowest BCUT2D eigenvalue weighted by atomic mass is 10.1. The van der Waals surface area contributed by atoms with Gasteiger partial charge in [0.2, 0.25) is 0 Å². The number of halogens is 2. The molecule has 0 aliphatic rings. The Morgan fingerprint density at radius 3 is 2.32 bits per heavy atom. The molecule has 2 aromatic rings. The van der Waals surface area contributed by atoms with Crippen molar-refractivity contribution in [2.24, 2.45) is 5.73 Å². The van der Waals surface area contributed by atoms with Crippen LogP contribution in [0, 0.1) is 0 Å². The number of aromatic nitrogens is 1. The number of rotatable bonds is 3. The largest absolute Gasteiger partial charge is 0.480 e. The van der Waals surface area contributed by atoms with Crippen molar-refractivity contribution in [3.05, 3.63) is 52.6 Å². The predicted molar refractivity (Wildman–Crippen MR) is 79.2 cm³/mol.